The first kappa shape index (κ1) is 19.8. The van der Waals surface area contributed by atoms with Crippen LogP contribution in [0.15, 0.2) is 41.5 Å². The zero-order chi connectivity index (χ0) is 19.8. The van der Waals surface area contributed by atoms with Gasteiger partial charge < -0.3 is 15.5 Å². The maximum Gasteiger partial charge on any atom is 0.222 e. The summed E-state index contributed by atoms with van der Waals surface area (Å²) in [5.41, 5.74) is 2.10. The highest BCUT2D eigenvalue weighted by molar-refractivity contribution is 5.76. The van der Waals surface area contributed by atoms with Crippen molar-refractivity contribution in [3.63, 3.8) is 0 Å². The minimum Gasteiger partial charge on any atom is -0.383 e. The molecule has 1 atom stereocenters. The molecule has 4 bridgehead atoms. The smallest absolute Gasteiger partial charge is 0.222 e. The maximum absolute atomic E-state index is 12.2. The van der Waals surface area contributed by atoms with Crippen molar-refractivity contribution in [3.8, 4) is 0 Å². The molecule has 0 saturated heterocycles. The van der Waals surface area contributed by atoms with Gasteiger partial charge in [0, 0.05) is 57.2 Å². The summed E-state index contributed by atoms with van der Waals surface area (Å²) in [5.74, 6) is 1.52. The molecule has 0 saturated carbocycles. The summed E-state index contributed by atoms with van der Waals surface area (Å²) < 4.78 is 0. The molecule has 3 rings (SSSR count). The van der Waals surface area contributed by atoms with Gasteiger partial charge in [-0.3, -0.25) is 9.79 Å². The number of amides is 1. The summed E-state index contributed by atoms with van der Waals surface area (Å²) in [4.78, 5) is 27.8. The first-order chi connectivity index (χ1) is 13.7. The summed E-state index contributed by atoms with van der Waals surface area (Å²) >= 11 is 0. The van der Waals surface area contributed by atoms with Crippen LogP contribution in [0.3, 0.4) is 0 Å². The van der Waals surface area contributed by atoms with Crippen molar-refractivity contribution in [2.75, 3.05) is 43.4 Å². The zero-order valence-corrected chi connectivity index (χ0v) is 16.6. The lowest BCUT2D eigenvalue weighted by Gasteiger charge is -2.24. The van der Waals surface area contributed by atoms with E-state index < -0.39 is 0 Å². The summed E-state index contributed by atoms with van der Waals surface area (Å²) in [7, 11) is 0. The number of rotatable bonds is 3. The number of aliphatic imine (C=N–C) groups is 1. The molecule has 2 heterocycles. The second kappa shape index (κ2) is 9.82. The number of aromatic nitrogens is 2. The predicted molar refractivity (Wildman–Crippen MR) is 113 cm³/mol. The van der Waals surface area contributed by atoms with E-state index in [0.29, 0.717) is 45.0 Å². The fourth-order valence-electron chi connectivity index (χ4n) is 3.22. The highest BCUT2D eigenvalue weighted by Gasteiger charge is 2.17. The van der Waals surface area contributed by atoms with Crippen molar-refractivity contribution in [1.82, 2.24) is 14.9 Å². The van der Waals surface area contributed by atoms with E-state index in [1.54, 1.807) is 6.20 Å². The number of anilines is 2. The van der Waals surface area contributed by atoms with E-state index in [9.17, 15) is 4.79 Å². The zero-order valence-electron chi connectivity index (χ0n) is 16.6. The molecule has 0 radical (unpaired) electrons. The second-order valence-electron chi connectivity index (χ2n) is 6.64. The topological polar surface area (TPSA) is 82.5 Å². The van der Waals surface area contributed by atoms with Gasteiger partial charge in [0.05, 0.1) is 5.92 Å². The molecule has 28 heavy (non-hydrogen) atoms. The van der Waals surface area contributed by atoms with Crippen molar-refractivity contribution in [3.05, 3.63) is 47.9 Å². The van der Waals surface area contributed by atoms with Gasteiger partial charge in [0.25, 0.3) is 0 Å². The average Bonchev–Trinajstić information content (AvgIpc) is 2.72. The lowest BCUT2D eigenvalue weighted by molar-refractivity contribution is -0.130. The highest BCUT2D eigenvalue weighted by atomic mass is 16.2. The molecule has 0 spiro atoms. The van der Waals surface area contributed by atoms with E-state index >= 15 is 0 Å². The van der Waals surface area contributed by atoms with E-state index in [4.69, 9.17) is 4.98 Å². The van der Waals surface area contributed by atoms with Crippen LogP contribution in [0, 0.1) is 0 Å². The van der Waals surface area contributed by atoms with E-state index in [-0.39, 0.29) is 11.8 Å². The third-order valence-corrected chi connectivity index (χ3v) is 4.69. The molecule has 2 aromatic rings. The number of fused-ring (bicyclic) bond motifs is 4. The Kier molecular flexibility index (Phi) is 6.94. The standard InChI is InChI=1S/C21H28N6O/c1-3-20(28)27-12-10-23-17-7-5-6-16(14-17)18(15-22-4-2)21-25-9-8-19(26-21)24-11-13-27/h5-9,14-15,18,23H,3-4,10-13H2,1-2H3,(H,24,25,26). The molecule has 1 aromatic heterocycles. The van der Waals surface area contributed by atoms with Crippen molar-refractivity contribution < 1.29 is 4.79 Å². The number of hydrogen-bond acceptors (Lipinski definition) is 6. The minimum absolute atomic E-state index is 0.107. The molecular formula is C21H28N6O. The maximum atomic E-state index is 12.2. The number of nitrogens with one attached hydrogen (secondary N) is 2. The van der Waals surface area contributed by atoms with Crippen LogP contribution in [-0.2, 0) is 4.79 Å². The van der Waals surface area contributed by atoms with Crippen molar-refractivity contribution >= 4 is 23.6 Å². The minimum atomic E-state index is -0.107. The Balaban J connectivity index is 1.95. The number of carbonyl (C=O) groups excluding carboxylic acids is 1. The van der Waals surface area contributed by atoms with Crippen LogP contribution in [0.5, 0.6) is 0 Å². The molecule has 7 nitrogen and oxygen atoms in total. The molecule has 1 aromatic carbocycles. The van der Waals surface area contributed by atoms with Crippen molar-refractivity contribution in [2.45, 2.75) is 26.2 Å². The number of nitrogens with zero attached hydrogens (tertiary/aromatic N) is 4. The van der Waals surface area contributed by atoms with Gasteiger partial charge in [0.2, 0.25) is 5.91 Å². The van der Waals surface area contributed by atoms with Gasteiger partial charge in [-0.25, -0.2) is 9.97 Å². The van der Waals surface area contributed by atoms with Crippen LogP contribution in [-0.4, -0.2) is 59.7 Å². The van der Waals surface area contributed by atoms with Crippen molar-refractivity contribution in [1.29, 1.82) is 0 Å². The predicted octanol–water partition coefficient (Wildman–Crippen LogP) is 2.78. The van der Waals surface area contributed by atoms with Crippen LogP contribution in [0.2, 0.25) is 0 Å². The third kappa shape index (κ3) is 5.06. The molecule has 1 aliphatic rings. The molecule has 1 unspecified atom stereocenters. The van der Waals surface area contributed by atoms with Crippen LogP contribution in [0.4, 0.5) is 11.5 Å². The Labute approximate surface area is 166 Å². The first-order valence-corrected chi connectivity index (χ1v) is 9.89. The fraction of sp³-hybridized carbons (Fsp3) is 0.429. The average molecular weight is 380 g/mol. The van der Waals surface area contributed by atoms with E-state index in [1.807, 2.05) is 43.2 Å². The summed E-state index contributed by atoms with van der Waals surface area (Å²) in [5, 5.41) is 6.75. The third-order valence-electron chi connectivity index (χ3n) is 4.69. The molecule has 1 aliphatic heterocycles. The largest absolute Gasteiger partial charge is 0.383 e. The van der Waals surface area contributed by atoms with Crippen LogP contribution in [0.25, 0.3) is 0 Å². The number of carbonyl (C=O) groups is 1. The highest BCUT2D eigenvalue weighted by Crippen LogP contribution is 2.24. The van der Waals surface area contributed by atoms with Crippen LogP contribution < -0.4 is 10.6 Å². The second-order valence-corrected chi connectivity index (χ2v) is 6.64. The Morgan fingerprint density at radius 3 is 2.86 bits per heavy atom. The van der Waals surface area contributed by atoms with Gasteiger partial charge in [-0.05, 0) is 30.7 Å². The Hall–Kier alpha value is -2.96. The van der Waals surface area contributed by atoms with Gasteiger partial charge in [-0.1, -0.05) is 19.1 Å². The Morgan fingerprint density at radius 2 is 2.07 bits per heavy atom. The van der Waals surface area contributed by atoms with Gasteiger partial charge in [0.15, 0.2) is 0 Å². The monoisotopic (exact) mass is 380 g/mol. The summed E-state index contributed by atoms with van der Waals surface area (Å²) in [6, 6.07) is 10.1. The molecule has 0 fully saturated rings. The molecule has 1 amide bonds. The number of benzene rings is 1. The van der Waals surface area contributed by atoms with Crippen LogP contribution >= 0.6 is 0 Å². The normalized spacial score (nSPS) is 17.5. The molecule has 2 N–H and O–H groups in total. The molecule has 148 valence electrons. The Bertz CT molecular complexity index is 769. The number of hydrogen-bond donors (Lipinski definition) is 2. The SMILES string of the molecule is CCN=CC1c2cccc(c2)NCCN(C(=O)CC)CCNc2ccnc1n2. The van der Waals surface area contributed by atoms with Gasteiger partial charge in [-0.2, -0.15) is 0 Å². The van der Waals surface area contributed by atoms with Gasteiger partial charge in [0.1, 0.15) is 11.6 Å². The van der Waals surface area contributed by atoms with Crippen molar-refractivity contribution in [2.24, 2.45) is 4.99 Å². The van der Waals surface area contributed by atoms with Gasteiger partial charge in [-0.15, -0.1) is 0 Å². The Morgan fingerprint density at radius 1 is 1.25 bits per heavy atom. The fourth-order valence-corrected chi connectivity index (χ4v) is 3.22. The summed E-state index contributed by atoms with van der Waals surface area (Å²) in [6.07, 6.45) is 4.19. The van der Waals surface area contributed by atoms with Crippen LogP contribution in [0.1, 0.15) is 37.6 Å². The van der Waals surface area contributed by atoms with E-state index in [1.165, 1.54) is 0 Å². The van der Waals surface area contributed by atoms with E-state index in [2.05, 4.69) is 32.7 Å². The lowest BCUT2D eigenvalue weighted by atomic mass is 9.98. The van der Waals surface area contributed by atoms with Gasteiger partial charge >= 0.3 is 0 Å². The molecule has 7 heteroatoms. The molecule has 0 aliphatic carbocycles. The quantitative estimate of drug-likeness (QED) is 0.800. The van der Waals surface area contributed by atoms with E-state index in [0.717, 1.165) is 17.1 Å². The summed E-state index contributed by atoms with van der Waals surface area (Å²) in [6.45, 7) is 7.26. The lowest BCUT2D eigenvalue weighted by Crippen LogP contribution is -2.38. The molecular weight excluding hydrogens is 352 g/mol. The first-order valence-electron chi connectivity index (χ1n) is 9.89.